The number of hydrogen-bond donors (Lipinski definition) is 1. The topological polar surface area (TPSA) is 33.1 Å². The zero-order valence-corrected chi connectivity index (χ0v) is 10.8. The van der Waals surface area contributed by atoms with Gasteiger partial charge in [0.25, 0.3) is 0 Å². The molecule has 0 radical (unpaired) electrons. The lowest BCUT2D eigenvalue weighted by Gasteiger charge is -2.10. The molecule has 0 amide bonds. The fourth-order valence-corrected chi connectivity index (χ4v) is 4.37. The van der Waals surface area contributed by atoms with Gasteiger partial charge in [0.1, 0.15) is 0 Å². The zero-order chi connectivity index (χ0) is 11.3. The molecule has 3 rings (SSSR count). The Kier molecular flexibility index (Phi) is 2.55. The van der Waals surface area contributed by atoms with Gasteiger partial charge in [-0.15, -0.1) is 11.3 Å². The van der Waals surface area contributed by atoms with Crippen molar-refractivity contribution < 1.29 is 5.11 Å². The van der Waals surface area contributed by atoms with Crippen LogP contribution in [0, 0.1) is 31.6 Å². The van der Waals surface area contributed by atoms with E-state index in [1.807, 2.05) is 6.92 Å². The average molecular weight is 237 g/mol. The van der Waals surface area contributed by atoms with Gasteiger partial charge in [0.15, 0.2) is 0 Å². The Balaban J connectivity index is 1.62. The molecule has 2 fully saturated rings. The van der Waals surface area contributed by atoms with Crippen molar-refractivity contribution in [3.63, 3.8) is 0 Å². The third kappa shape index (κ3) is 1.70. The summed E-state index contributed by atoms with van der Waals surface area (Å²) in [5.41, 5.74) is 1.13. The lowest BCUT2D eigenvalue weighted by molar-refractivity contribution is 0.135. The number of aryl methyl sites for hydroxylation is 2. The van der Waals surface area contributed by atoms with Crippen LogP contribution >= 0.6 is 11.3 Å². The summed E-state index contributed by atoms with van der Waals surface area (Å²) >= 11 is 1.74. The third-order valence-corrected chi connectivity index (χ3v) is 5.47. The maximum Gasteiger partial charge on any atom is 0.0956 e. The molecule has 1 aromatic heterocycles. The first-order chi connectivity index (χ1) is 7.66. The van der Waals surface area contributed by atoms with E-state index in [0.717, 1.165) is 29.0 Å². The Hall–Kier alpha value is -0.410. The van der Waals surface area contributed by atoms with E-state index in [1.54, 1.807) is 11.3 Å². The highest BCUT2D eigenvalue weighted by atomic mass is 32.1. The minimum absolute atomic E-state index is 0.139. The SMILES string of the molecule is Cc1nc(CC(O)C2C3CCCC32)sc1C. The minimum atomic E-state index is -0.139. The van der Waals surface area contributed by atoms with Crippen molar-refractivity contribution in [2.24, 2.45) is 17.8 Å². The Morgan fingerprint density at radius 1 is 1.38 bits per heavy atom. The van der Waals surface area contributed by atoms with Crippen LogP contribution in [0.25, 0.3) is 0 Å². The van der Waals surface area contributed by atoms with Crippen LogP contribution in [-0.2, 0) is 6.42 Å². The van der Waals surface area contributed by atoms with Gasteiger partial charge in [-0.2, -0.15) is 0 Å². The number of nitrogens with zero attached hydrogens (tertiary/aromatic N) is 1. The van der Waals surface area contributed by atoms with Crippen molar-refractivity contribution in [3.8, 4) is 0 Å². The molecule has 3 atom stereocenters. The summed E-state index contributed by atoms with van der Waals surface area (Å²) in [6.07, 6.45) is 4.72. The van der Waals surface area contributed by atoms with E-state index in [-0.39, 0.29) is 6.10 Å². The number of thiazole rings is 1. The first-order valence-electron chi connectivity index (χ1n) is 6.28. The van der Waals surface area contributed by atoms with Gasteiger partial charge in [-0.05, 0) is 44.4 Å². The van der Waals surface area contributed by atoms with E-state index in [0.29, 0.717) is 5.92 Å². The summed E-state index contributed by atoms with van der Waals surface area (Å²) in [6.45, 7) is 4.16. The molecular formula is C13H19NOS. The van der Waals surface area contributed by atoms with Crippen LogP contribution < -0.4 is 0 Å². The molecule has 3 unspecified atom stereocenters. The van der Waals surface area contributed by atoms with Gasteiger partial charge in [-0.3, -0.25) is 0 Å². The van der Waals surface area contributed by atoms with Gasteiger partial charge < -0.3 is 5.11 Å². The summed E-state index contributed by atoms with van der Waals surface area (Å²) in [6, 6.07) is 0. The molecule has 2 aliphatic carbocycles. The third-order valence-electron chi connectivity index (χ3n) is 4.37. The first kappa shape index (κ1) is 10.7. The Labute approximate surface area is 101 Å². The van der Waals surface area contributed by atoms with E-state index in [4.69, 9.17) is 0 Å². The maximum atomic E-state index is 10.2. The predicted molar refractivity (Wildman–Crippen MR) is 65.6 cm³/mol. The molecule has 2 aliphatic rings. The van der Waals surface area contributed by atoms with Crippen LogP contribution in [0.5, 0.6) is 0 Å². The van der Waals surface area contributed by atoms with Crippen LogP contribution in [0.2, 0.25) is 0 Å². The molecule has 88 valence electrons. The number of fused-ring (bicyclic) bond motifs is 1. The van der Waals surface area contributed by atoms with Gasteiger partial charge in [-0.1, -0.05) is 6.42 Å². The number of aliphatic hydroxyl groups excluding tert-OH is 1. The minimum Gasteiger partial charge on any atom is -0.392 e. The molecule has 16 heavy (non-hydrogen) atoms. The normalized spacial score (nSPS) is 33.8. The lowest BCUT2D eigenvalue weighted by Crippen LogP contribution is -2.16. The molecular weight excluding hydrogens is 218 g/mol. The van der Waals surface area contributed by atoms with Gasteiger partial charge >= 0.3 is 0 Å². The highest BCUT2D eigenvalue weighted by Gasteiger charge is 2.55. The van der Waals surface area contributed by atoms with Crippen LogP contribution in [0.3, 0.4) is 0 Å². The average Bonchev–Trinajstić information content (AvgIpc) is 2.55. The fourth-order valence-electron chi connectivity index (χ4n) is 3.39. The summed E-state index contributed by atoms with van der Waals surface area (Å²) in [4.78, 5) is 5.80. The van der Waals surface area contributed by atoms with Crippen LogP contribution in [0.4, 0.5) is 0 Å². The van der Waals surface area contributed by atoms with E-state index >= 15 is 0 Å². The van der Waals surface area contributed by atoms with E-state index in [2.05, 4.69) is 11.9 Å². The molecule has 1 aromatic rings. The number of hydrogen-bond acceptors (Lipinski definition) is 3. The quantitative estimate of drug-likeness (QED) is 0.877. The van der Waals surface area contributed by atoms with E-state index in [9.17, 15) is 5.11 Å². The van der Waals surface area contributed by atoms with Crippen molar-refractivity contribution >= 4 is 11.3 Å². The van der Waals surface area contributed by atoms with Crippen LogP contribution in [-0.4, -0.2) is 16.2 Å². The molecule has 1 N–H and O–H groups in total. The van der Waals surface area contributed by atoms with Gasteiger partial charge in [0.2, 0.25) is 0 Å². The predicted octanol–water partition coefficient (Wildman–Crippen LogP) is 2.71. The van der Waals surface area contributed by atoms with Gasteiger partial charge in [-0.25, -0.2) is 4.98 Å². The molecule has 2 nitrogen and oxygen atoms in total. The number of aromatic nitrogens is 1. The summed E-state index contributed by atoms with van der Waals surface area (Å²) in [7, 11) is 0. The fraction of sp³-hybridized carbons (Fsp3) is 0.769. The van der Waals surface area contributed by atoms with Gasteiger partial charge in [0, 0.05) is 11.3 Å². The summed E-state index contributed by atoms with van der Waals surface area (Å²) < 4.78 is 0. The van der Waals surface area contributed by atoms with E-state index < -0.39 is 0 Å². The van der Waals surface area contributed by atoms with Crippen LogP contribution in [0.1, 0.15) is 34.8 Å². The monoisotopic (exact) mass is 237 g/mol. The van der Waals surface area contributed by atoms with Crippen LogP contribution in [0.15, 0.2) is 0 Å². The van der Waals surface area contributed by atoms with E-state index in [1.165, 1.54) is 24.1 Å². The smallest absolute Gasteiger partial charge is 0.0956 e. The summed E-state index contributed by atoms with van der Waals surface area (Å²) in [5.74, 6) is 2.28. The van der Waals surface area contributed by atoms with Crippen molar-refractivity contribution in [1.82, 2.24) is 4.98 Å². The Morgan fingerprint density at radius 2 is 2.06 bits per heavy atom. The maximum absolute atomic E-state index is 10.2. The van der Waals surface area contributed by atoms with Crippen molar-refractivity contribution in [2.45, 2.75) is 45.6 Å². The van der Waals surface area contributed by atoms with Crippen molar-refractivity contribution in [2.75, 3.05) is 0 Å². The summed E-state index contributed by atoms with van der Waals surface area (Å²) in [5, 5.41) is 11.3. The molecule has 3 heteroatoms. The standard InChI is InChI=1S/C13H19NOS/c1-7-8(2)16-12(14-7)6-11(15)13-9-4-3-5-10(9)13/h9-11,13,15H,3-6H2,1-2H3. The lowest BCUT2D eigenvalue weighted by atomic mass is 10.0. The van der Waals surface area contributed by atoms with Crippen molar-refractivity contribution in [1.29, 1.82) is 0 Å². The molecule has 0 aromatic carbocycles. The molecule has 0 saturated heterocycles. The molecule has 2 saturated carbocycles. The van der Waals surface area contributed by atoms with Crippen molar-refractivity contribution in [3.05, 3.63) is 15.6 Å². The highest BCUT2D eigenvalue weighted by Crippen LogP contribution is 2.59. The zero-order valence-electron chi connectivity index (χ0n) is 9.94. The molecule has 1 heterocycles. The second kappa shape index (κ2) is 3.81. The second-order valence-electron chi connectivity index (χ2n) is 5.36. The largest absolute Gasteiger partial charge is 0.392 e. The number of rotatable bonds is 3. The Bertz CT molecular complexity index is 371. The first-order valence-corrected chi connectivity index (χ1v) is 7.09. The highest BCUT2D eigenvalue weighted by molar-refractivity contribution is 7.11. The molecule has 0 bridgehead atoms. The molecule has 0 aliphatic heterocycles. The second-order valence-corrected chi connectivity index (χ2v) is 6.64. The Morgan fingerprint density at radius 3 is 2.62 bits per heavy atom. The van der Waals surface area contributed by atoms with Gasteiger partial charge in [0.05, 0.1) is 16.8 Å². The number of aliphatic hydroxyl groups is 1. The molecule has 0 spiro atoms.